The lowest BCUT2D eigenvalue weighted by Gasteiger charge is -2.42. The Morgan fingerprint density at radius 3 is 1.78 bits per heavy atom. The second-order valence-electron chi connectivity index (χ2n) is 7.60. The van der Waals surface area contributed by atoms with Gasteiger partial charge in [-0.2, -0.15) is 0 Å². The number of hydrogen-bond acceptors (Lipinski definition) is 3. The molecule has 0 saturated heterocycles. The first-order valence-corrected chi connectivity index (χ1v) is 10.9. The molecule has 27 heavy (non-hydrogen) atoms. The Labute approximate surface area is 161 Å². The zero-order valence-corrected chi connectivity index (χ0v) is 16.8. The Morgan fingerprint density at radius 1 is 0.815 bits per heavy atom. The van der Waals surface area contributed by atoms with Crippen LogP contribution in [0.4, 0.5) is 0 Å². The van der Waals surface area contributed by atoms with Crippen molar-refractivity contribution in [3.8, 4) is 5.75 Å². The molecular formula is C23H24O3Si. The lowest BCUT2D eigenvalue weighted by atomic mass is 10.2. The lowest BCUT2D eigenvalue weighted by Crippen LogP contribution is -2.67. The van der Waals surface area contributed by atoms with Crippen LogP contribution < -0.4 is 10.4 Å². The SMILES string of the molecule is CC(C)(C)[Si](OC(=O)c1cccc(O)c1)(c1ccccc1)c1ccccc1. The molecule has 0 spiro atoms. The normalized spacial score (nSPS) is 11.8. The Bertz CT molecular complexity index is 876. The fourth-order valence-electron chi connectivity index (χ4n) is 3.48. The predicted molar refractivity (Wildman–Crippen MR) is 111 cm³/mol. The summed E-state index contributed by atoms with van der Waals surface area (Å²) in [7, 11) is -2.94. The van der Waals surface area contributed by atoms with Gasteiger partial charge in [-0.15, -0.1) is 0 Å². The molecule has 3 rings (SSSR count). The highest BCUT2D eigenvalue weighted by molar-refractivity contribution is 7.00. The predicted octanol–water partition coefficient (Wildman–Crippen LogP) is 4.11. The van der Waals surface area contributed by atoms with Crippen LogP contribution in [-0.2, 0) is 4.43 Å². The second kappa shape index (κ2) is 7.41. The van der Waals surface area contributed by atoms with E-state index in [0.29, 0.717) is 5.56 Å². The summed E-state index contributed by atoms with van der Waals surface area (Å²) in [6.07, 6.45) is 0. The molecule has 3 aromatic carbocycles. The molecule has 0 aromatic heterocycles. The summed E-state index contributed by atoms with van der Waals surface area (Å²) in [5, 5.41) is 11.5. The van der Waals surface area contributed by atoms with Crippen LogP contribution in [0.2, 0.25) is 5.04 Å². The number of phenols is 1. The van der Waals surface area contributed by atoms with Gasteiger partial charge in [-0.05, 0) is 33.6 Å². The molecule has 0 aliphatic rings. The van der Waals surface area contributed by atoms with E-state index in [2.05, 4.69) is 20.8 Å². The van der Waals surface area contributed by atoms with Gasteiger partial charge in [-0.1, -0.05) is 87.5 Å². The second-order valence-corrected chi connectivity index (χ2v) is 11.8. The summed E-state index contributed by atoms with van der Waals surface area (Å²) in [6.45, 7) is 6.36. The minimum absolute atomic E-state index is 0.0481. The molecule has 0 aliphatic heterocycles. The highest BCUT2D eigenvalue weighted by Crippen LogP contribution is 2.37. The molecule has 1 N–H and O–H groups in total. The summed E-state index contributed by atoms with van der Waals surface area (Å²) in [5.41, 5.74) is 0.350. The van der Waals surface area contributed by atoms with Gasteiger partial charge in [0.1, 0.15) is 5.75 Å². The Kier molecular flexibility index (Phi) is 5.19. The van der Waals surface area contributed by atoms with Gasteiger partial charge >= 0.3 is 14.3 Å². The largest absolute Gasteiger partial charge is 0.508 e. The van der Waals surface area contributed by atoms with E-state index in [1.165, 1.54) is 6.07 Å². The Hall–Kier alpha value is -2.85. The van der Waals surface area contributed by atoms with Crippen LogP contribution in [-0.4, -0.2) is 19.4 Å². The molecule has 0 atom stereocenters. The van der Waals surface area contributed by atoms with Crippen LogP contribution >= 0.6 is 0 Å². The van der Waals surface area contributed by atoms with Gasteiger partial charge in [0.15, 0.2) is 0 Å². The maximum Gasteiger partial charge on any atom is 0.325 e. The topological polar surface area (TPSA) is 46.5 Å². The van der Waals surface area contributed by atoms with Crippen molar-refractivity contribution >= 4 is 24.7 Å². The van der Waals surface area contributed by atoms with Crippen molar-refractivity contribution in [1.82, 2.24) is 0 Å². The monoisotopic (exact) mass is 376 g/mol. The summed E-state index contributed by atoms with van der Waals surface area (Å²) in [4.78, 5) is 13.1. The average molecular weight is 377 g/mol. The molecule has 0 saturated carbocycles. The van der Waals surface area contributed by atoms with Crippen molar-refractivity contribution in [3.63, 3.8) is 0 Å². The number of benzene rings is 3. The summed E-state index contributed by atoms with van der Waals surface area (Å²) >= 11 is 0. The van der Waals surface area contributed by atoms with Gasteiger partial charge in [0, 0.05) is 0 Å². The lowest BCUT2D eigenvalue weighted by molar-refractivity contribution is 0.0718. The fourth-order valence-corrected chi connectivity index (χ4v) is 7.81. The third-order valence-corrected chi connectivity index (χ3v) is 9.64. The van der Waals surface area contributed by atoms with E-state index >= 15 is 0 Å². The molecule has 0 radical (unpaired) electrons. The molecule has 0 unspecified atom stereocenters. The number of carbonyl (C=O) groups is 1. The summed E-state index contributed by atoms with van der Waals surface area (Å²) in [6, 6.07) is 26.3. The van der Waals surface area contributed by atoms with Gasteiger partial charge in [-0.25, -0.2) is 4.79 Å². The van der Waals surface area contributed by atoms with Crippen molar-refractivity contribution in [2.24, 2.45) is 0 Å². The highest BCUT2D eigenvalue weighted by atomic mass is 28.4. The molecule has 0 fully saturated rings. The van der Waals surface area contributed by atoms with Crippen LogP contribution in [0.3, 0.4) is 0 Å². The van der Waals surface area contributed by atoms with Crippen LogP contribution in [0, 0.1) is 0 Å². The van der Waals surface area contributed by atoms with Gasteiger partial charge in [0.25, 0.3) is 0 Å². The van der Waals surface area contributed by atoms with Crippen molar-refractivity contribution in [2.45, 2.75) is 25.8 Å². The molecule has 138 valence electrons. The fraction of sp³-hybridized carbons (Fsp3) is 0.174. The van der Waals surface area contributed by atoms with Crippen LogP contribution in [0.1, 0.15) is 31.1 Å². The van der Waals surface area contributed by atoms with Gasteiger partial charge in [0.05, 0.1) is 5.56 Å². The molecular weight excluding hydrogens is 352 g/mol. The summed E-state index contributed by atoms with van der Waals surface area (Å²) < 4.78 is 6.40. The van der Waals surface area contributed by atoms with Gasteiger partial charge < -0.3 is 9.53 Å². The van der Waals surface area contributed by atoms with E-state index in [9.17, 15) is 9.90 Å². The minimum Gasteiger partial charge on any atom is -0.508 e. The molecule has 3 aromatic rings. The maximum atomic E-state index is 13.1. The molecule has 0 amide bonds. The number of aromatic hydroxyl groups is 1. The number of rotatable bonds is 4. The van der Waals surface area contributed by atoms with E-state index in [4.69, 9.17) is 4.43 Å². The van der Waals surface area contributed by atoms with Crippen molar-refractivity contribution in [3.05, 3.63) is 90.5 Å². The highest BCUT2D eigenvalue weighted by Gasteiger charge is 2.53. The zero-order chi connectivity index (χ0) is 19.5. The van der Waals surface area contributed by atoms with Crippen molar-refractivity contribution in [1.29, 1.82) is 0 Å². The molecule has 0 aliphatic carbocycles. The first-order valence-electron chi connectivity index (χ1n) is 8.98. The van der Waals surface area contributed by atoms with E-state index in [-0.39, 0.29) is 10.8 Å². The standard InChI is InChI=1S/C23H24O3Si/c1-23(2,3)27(20-13-6-4-7-14-20,21-15-8-5-9-16-21)26-22(25)18-11-10-12-19(24)17-18/h4-17,24H,1-3H3. The first kappa shape index (κ1) is 18.9. The van der Waals surface area contributed by atoms with Gasteiger partial charge in [-0.3, -0.25) is 0 Å². The van der Waals surface area contributed by atoms with Crippen LogP contribution in [0.25, 0.3) is 0 Å². The maximum absolute atomic E-state index is 13.1. The minimum atomic E-state index is -2.94. The number of carbonyl (C=O) groups excluding carboxylic acids is 1. The van der Waals surface area contributed by atoms with E-state index in [1.807, 2.05) is 60.7 Å². The van der Waals surface area contributed by atoms with Gasteiger partial charge in [0.2, 0.25) is 0 Å². The molecule has 4 heteroatoms. The van der Waals surface area contributed by atoms with E-state index < -0.39 is 14.3 Å². The first-order chi connectivity index (χ1) is 12.8. The third kappa shape index (κ3) is 3.66. The number of phenolic OH excluding ortho intramolecular Hbond substituents is 1. The third-order valence-electron chi connectivity index (χ3n) is 4.74. The van der Waals surface area contributed by atoms with Crippen LogP contribution in [0.5, 0.6) is 5.75 Å². The summed E-state index contributed by atoms with van der Waals surface area (Å²) in [5.74, 6) is -0.368. The average Bonchev–Trinajstić information content (AvgIpc) is 2.66. The van der Waals surface area contributed by atoms with Crippen LogP contribution in [0.15, 0.2) is 84.9 Å². The molecule has 0 heterocycles. The van der Waals surface area contributed by atoms with E-state index in [0.717, 1.165) is 10.4 Å². The smallest absolute Gasteiger partial charge is 0.325 e. The quantitative estimate of drug-likeness (QED) is 0.697. The van der Waals surface area contributed by atoms with Crippen molar-refractivity contribution in [2.75, 3.05) is 0 Å². The zero-order valence-electron chi connectivity index (χ0n) is 15.8. The van der Waals surface area contributed by atoms with Crippen molar-refractivity contribution < 1.29 is 14.3 Å². The Balaban J connectivity index is 2.19. The molecule has 0 bridgehead atoms. The Morgan fingerprint density at radius 2 is 1.33 bits per heavy atom. The molecule has 3 nitrogen and oxygen atoms in total. The number of hydrogen-bond donors (Lipinski definition) is 1. The van der Waals surface area contributed by atoms with E-state index in [1.54, 1.807) is 18.2 Å².